The van der Waals surface area contributed by atoms with Crippen molar-refractivity contribution in [2.75, 3.05) is 64.0 Å². The first-order chi connectivity index (χ1) is 21.6. The molecule has 4 rings (SSSR count). The topological polar surface area (TPSA) is 100 Å². The lowest BCUT2D eigenvalue weighted by molar-refractivity contribution is -0.117. The lowest BCUT2D eigenvalue weighted by atomic mass is 9.64. The molecule has 0 saturated heterocycles. The third-order valence-electron chi connectivity index (χ3n) is 8.33. The molecule has 0 N–H and O–H groups in total. The lowest BCUT2D eigenvalue weighted by Gasteiger charge is -2.38. The van der Waals surface area contributed by atoms with E-state index in [0.717, 1.165) is 0 Å². The first kappa shape index (κ1) is 32.9. The maximum Gasteiger partial charge on any atom is 0.178 e. The van der Waals surface area contributed by atoms with Crippen LogP contribution in [0, 0.1) is 0 Å². The number of benzene rings is 3. The minimum Gasteiger partial charge on any atom is -0.496 e. The molecule has 0 saturated carbocycles. The fourth-order valence-corrected chi connectivity index (χ4v) is 5.81. The average Bonchev–Trinajstić information content (AvgIpc) is 3.08. The molecule has 0 bridgehead atoms. The minimum atomic E-state index is -1.35. The van der Waals surface area contributed by atoms with Crippen LogP contribution >= 0.6 is 0 Å². The van der Waals surface area contributed by atoms with Crippen LogP contribution in [-0.2, 0) is 10.2 Å². The van der Waals surface area contributed by atoms with Gasteiger partial charge in [-0.2, -0.15) is 0 Å². The largest absolute Gasteiger partial charge is 0.496 e. The summed E-state index contributed by atoms with van der Waals surface area (Å²) in [6, 6.07) is 10.4. The van der Waals surface area contributed by atoms with Gasteiger partial charge in [0.25, 0.3) is 0 Å². The molecule has 3 aromatic carbocycles. The second-order valence-corrected chi connectivity index (χ2v) is 10.3. The van der Waals surface area contributed by atoms with Crippen molar-refractivity contribution >= 4 is 16.9 Å². The highest BCUT2D eigenvalue weighted by atomic mass is 16.5. The van der Waals surface area contributed by atoms with Crippen molar-refractivity contribution in [1.29, 1.82) is 0 Å². The Labute approximate surface area is 264 Å². The standard InChI is InChI=1S/C35H40O10/c1-19-23(31-25(40-6)12-20(37-3)13-26(31)41-7)18-24(32-27(42-8)14-21(38-4)15-28(32)43-9)34(36)35(19,2)33-29(44-10)16-22(39-5)17-30(33)45-11/h12-18H,1-11H3/t35-/m0/s1. The highest BCUT2D eigenvalue weighted by Gasteiger charge is 2.48. The Bertz CT molecular complexity index is 1590. The molecule has 45 heavy (non-hydrogen) atoms. The zero-order valence-corrected chi connectivity index (χ0v) is 27.6. The van der Waals surface area contributed by atoms with Crippen LogP contribution in [0.2, 0.25) is 0 Å². The number of hydrogen-bond acceptors (Lipinski definition) is 10. The number of rotatable bonds is 12. The molecule has 10 nitrogen and oxygen atoms in total. The van der Waals surface area contributed by atoms with Crippen LogP contribution in [-0.4, -0.2) is 69.8 Å². The third kappa shape index (κ3) is 5.45. The predicted octanol–water partition coefficient (Wildman–Crippen LogP) is 6.16. The van der Waals surface area contributed by atoms with Crippen LogP contribution < -0.4 is 42.6 Å². The highest BCUT2D eigenvalue weighted by molar-refractivity contribution is 6.32. The van der Waals surface area contributed by atoms with Crippen molar-refractivity contribution in [1.82, 2.24) is 0 Å². The van der Waals surface area contributed by atoms with E-state index >= 15 is 4.79 Å². The first-order valence-electron chi connectivity index (χ1n) is 14.0. The summed E-state index contributed by atoms with van der Waals surface area (Å²) in [6.45, 7) is 3.74. The highest BCUT2D eigenvalue weighted by Crippen LogP contribution is 2.56. The molecule has 10 heteroatoms. The van der Waals surface area contributed by atoms with Gasteiger partial charge in [-0.1, -0.05) is 0 Å². The molecule has 0 spiro atoms. The van der Waals surface area contributed by atoms with Gasteiger partial charge in [0.2, 0.25) is 0 Å². The normalized spacial score (nSPS) is 16.1. The maximum absolute atomic E-state index is 15.2. The van der Waals surface area contributed by atoms with Gasteiger partial charge in [0.1, 0.15) is 51.7 Å². The third-order valence-corrected chi connectivity index (χ3v) is 8.33. The molecule has 3 aromatic rings. The van der Waals surface area contributed by atoms with Gasteiger partial charge < -0.3 is 42.6 Å². The van der Waals surface area contributed by atoms with Gasteiger partial charge in [-0.25, -0.2) is 0 Å². The molecule has 0 heterocycles. The van der Waals surface area contributed by atoms with E-state index in [0.29, 0.717) is 85.2 Å². The van der Waals surface area contributed by atoms with Crippen molar-refractivity contribution in [3.05, 3.63) is 64.7 Å². The zero-order valence-electron chi connectivity index (χ0n) is 27.6. The SMILES string of the molecule is COc1cc(OC)c(C2=CC(c3c(OC)cc(OC)cc3OC)=C(C)[C@@](C)(c3c(OC)cc(OC)cc3OC)C2=O)c(OC)c1. The van der Waals surface area contributed by atoms with Crippen LogP contribution in [0.4, 0.5) is 0 Å². The van der Waals surface area contributed by atoms with Gasteiger partial charge in [-0.15, -0.1) is 0 Å². The van der Waals surface area contributed by atoms with E-state index in [1.807, 2.05) is 19.9 Å². The zero-order chi connectivity index (χ0) is 33.1. The maximum atomic E-state index is 15.2. The monoisotopic (exact) mass is 620 g/mol. The smallest absolute Gasteiger partial charge is 0.178 e. The molecule has 1 aliphatic carbocycles. The number of ether oxygens (including phenoxy) is 9. The van der Waals surface area contributed by atoms with Crippen molar-refractivity contribution in [2.45, 2.75) is 19.3 Å². The number of carbonyl (C=O) groups excluding carboxylic acids is 1. The molecule has 0 amide bonds. The second kappa shape index (κ2) is 13.3. The number of carbonyl (C=O) groups is 1. The quantitative estimate of drug-likeness (QED) is 0.234. The molecule has 0 radical (unpaired) electrons. The summed E-state index contributed by atoms with van der Waals surface area (Å²) in [5, 5.41) is 0. The number of methoxy groups -OCH3 is 9. The van der Waals surface area contributed by atoms with E-state index in [1.54, 1.807) is 71.9 Å². The van der Waals surface area contributed by atoms with Gasteiger partial charge >= 0.3 is 0 Å². The Balaban J connectivity index is 2.24. The number of ketones is 1. The summed E-state index contributed by atoms with van der Waals surface area (Å²) >= 11 is 0. The van der Waals surface area contributed by atoms with Crippen molar-refractivity contribution in [3.8, 4) is 51.7 Å². The van der Waals surface area contributed by atoms with E-state index in [4.69, 9.17) is 42.6 Å². The fourth-order valence-electron chi connectivity index (χ4n) is 5.81. The Morgan fingerprint density at radius 2 is 0.822 bits per heavy atom. The van der Waals surface area contributed by atoms with Crippen molar-refractivity contribution < 1.29 is 47.4 Å². The molecular weight excluding hydrogens is 580 g/mol. The molecule has 0 unspecified atom stereocenters. The van der Waals surface area contributed by atoms with Crippen LogP contribution in [0.5, 0.6) is 51.7 Å². The molecular formula is C35H40O10. The van der Waals surface area contributed by atoms with Crippen molar-refractivity contribution in [3.63, 3.8) is 0 Å². The van der Waals surface area contributed by atoms with E-state index in [9.17, 15) is 0 Å². The van der Waals surface area contributed by atoms with E-state index in [-0.39, 0.29) is 5.78 Å². The molecule has 0 fully saturated rings. The van der Waals surface area contributed by atoms with E-state index in [1.165, 1.54) is 28.4 Å². The van der Waals surface area contributed by atoms with E-state index < -0.39 is 5.41 Å². The van der Waals surface area contributed by atoms with Gasteiger partial charge in [0.15, 0.2) is 5.78 Å². The Hall–Kier alpha value is -4.99. The summed E-state index contributed by atoms with van der Waals surface area (Å²) < 4.78 is 51.7. The molecule has 1 atom stereocenters. The van der Waals surface area contributed by atoms with Gasteiger partial charge in [-0.05, 0) is 31.1 Å². The number of allylic oxidation sites excluding steroid dienone is 4. The van der Waals surface area contributed by atoms with Gasteiger partial charge in [0.05, 0.1) is 86.1 Å². The number of hydrogen-bond donors (Lipinski definition) is 0. The molecule has 0 aromatic heterocycles. The number of Topliss-reactive ketones (excluding diaryl/α,β-unsaturated/α-hetero) is 1. The second-order valence-electron chi connectivity index (χ2n) is 10.3. The summed E-state index contributed by atoms with van der Waals surface area (Å²) in [4.78, 5) is 15.2. The van der Waals surface area contributed by atoms with Gasteiger partial charge in [0, 0.05) is 42.0 Å². The Kier molecular flexibility index (Phi) is 9.75. The Morgan fingerprint density at radius 1 is 0.489 bits per heavy atom. The predicted molar refractivity (Wildman–Crippen MR) is 171 cm³/mol. The van der Waals surface area contributed by atoms with Crippen LogP contribution in [0.15, 0.2) is 48.0 Å². The summed E-state index contributed by atoms with van der Waals surface area (Å²) in [7, 11) is 13.9. The minimum absolute atomic E-state index is 0.251. The molecule has 0 aliphatic heterocycles. The summed E-state index contributed by atoms with van der Waals surface area (Å²) in [6.07, 6.45) is 1.81. The van der Waals surface area contributed by atoms with Crippen LogP contribution in [0.3, 0.4) is 0 Å². The fraction of sp³-hybridized carbons (Fsp3) is 0.343. The molecule has 240 valence electrons. The Morgan fingerprint density at radius 3 is 1.16 bits per heavy atom. The van der Waals surface area contributed by atoms with Crippen molar-refractivity contribution in [2.24, 2.45) is 0 Å². The molecule has 1 aliphatic rings. The summed E-state index contributed by atoms with van der Waals surface area (Å²) in [5.41, 5.74) is 1.89. The van der Waals surface area contributed by atoms with Gasteiger partial charge in [-0.3, -0.25) is 4.79 Å². The first-order valence-corrected chi connectivity index (χ1v) is 14.0. The summed E-state index contributed by atoms with van der Waals surface area (Å²) in [5.74, 6) is 3.85. The lowest BCUT2D eigenvalue weighted by Crippen LogP contribution is -2.38. The van der Waals surface area contributed by atoms with E-state index in [2.05, 4.69) is 0 Å². The van der Waals surface area contributed by atoms with Crippen LogP contribution in [0.1, 0.15) is 30.5 Å². The van der Waals surface area contributed by atoms with Crippen LogP contribution in [0.25, 0.3) is 11.1 Å². The average molecular weight is 621 g/mol.